The summed E-state index contributed by atoms with van der Waals surface area (Å²) in [6, 6.07) is 3.99. The van der Waals surface area contributed by atoms with Crippen molar-refractivity contribution in [2.45, 2.75) is 45.3 Å². The predicted octanol–water partition coefficient (Wildman–Crippen LogP) is 2.60. The maximum Gasteiger partial charge on any atom is 0.246 e. The van der Waals surface area contributed by atoms with Gasteiger partial charge in [0.15, 0.2) is 0 Å². The molecule has 2 amide bonds. The summed E-state index contributed by atoms with van der Waals surface area (Å²) in [5.74, 6) is -0.783. The average Bonchev–Trinajstić information content (AvgIpc) is 2.45. The van der Waals surface area contributed by atoms with Gasteiger partial charge in [0.2, 0.25) is 11.8 Å². The van der Waals surface area contributed by atoms with Crippen molar-refractivity contribution >= 4 is 27.7 Å². The van der Waals surface area contributed by atoms with Crippen LogP contribution in [0.3, 0.4) is 0 Å². The lowest BCUT2D eigenvalue weighted by molar-refractivity contribution is -0.157. The van der Waals surface area contributed by atoms with Crippen molar-refractivity contribution in [3.63, 3.8) is 0 Å². The minimum Gasteiger partial charge on any atom is -0.343 e. The van der Waals surface area contributed by atoms with Crippen LogP contribution in [-0.4, -0.2) is 28.3 Å². The highest BCUT2D eigenvalue weighted by atomic mass is 79.9. The molecule has 6 heteroatoms. The zero-order valence-corrected chi connectivity index (χ0v) is 13.8. The second kappa shape index (κ2) is 5.75. The fourth-order valence-corrected chi connectivity index (χ4v) is 2.86. The highest BCUT2D eigenvalue weighted by molar-refractivity contribution is 9.10. The van der Waals surface area contributed by atoms with Crippen LogP contribution in [0.2, 0.25) is 0 Å². The third-order valence-corrected chi connectivity index (χ3v) is 4.59. The Bertz CT molecular complexity index is 593. The van der Waals surface area contributed by atoms with Gasteiger partial charge in [-0.3, -0.25) is 9.59 Å². The van der Waals surface area contributed by atoms with E-state index in [9.17, 15) is 14.0 Å². The second-order valence-electron chi connectivity index (χ2n) is 5.48. The molecule has 1 N–H and O–H groups in total. The molecule has 1 fully saturated rings. The Labute approximate surface area is 131 Å². The van der Waals surface area contributed by atoms with Crippen LogP contribution < -0.4 is 5.32 Å². The molecular formula is C15H18BrFN2O2. The van der Waals surface area contributed by atoms with Crippen molar-refractivity contribution < 1.29 is 14.0 Å². The molecule has 2 atom stereocenters. The van der Waals surface area contributed by atoms with Crippen molar-refractivity contribution in [2.75, 3.05) is 0 Å². The molecule has 1 heterocycles. The monoisotopic (exact) mass is 356 g/mol. The number of hydrogen-bond acceptors (Lipinski definition) is 2. The van der Waals surface area contributed by atoms with Gasteiger partial charge in [0.05, 0.1) is 0 Å². The van der Waals surface area contributed by atoms with Crippen LogP contribution in [0.25, 0.3) is 0 Å². The van der Waals surface area contributed by atoms with Crippen molar-refractivity contribution in [1.82, 2.24) is 10.2 Å². The van der Waals surface area contributed by atoms with Gasteiger partial charge in [0.25, 0.3) is 0 Å². The van der Waals surface area contributed by atoms with Crippen LogP contribution in [-0.2, 0) is 16.1 Å². The summed E-state index contributed by atoms with van der Waals surface area (Å²) in [4.78, 5) is 26.1. The molecule has 1 saturated heterocycles. The lowest BCUT2D eigenvalue weighted by atomic mass is 9.90. The van der Waals surface area contributed by atoms with E-state index in [-0.39, 0.29) is 24.2 Å². The quantitative estimate of drug-likeness (QED) is 0.904. The number of benzene rings is 1. The number of rotatable bonds is 3. The number of halogens is 2. The van der Waals surface area contributed by atoms with E-state index in [4.69, 9.17) is 0 Å². The van der Waals surface area contributed by atoms with Gasteiger partial charge in [0.1, 0.15) is 17.4 Å². The molecule has 0 saturated carbocycles. The molecule has 0 radical (unpaired) electrons. The van der Waals surface area contributed by atoms with Gasteiger partial charge in [-0.1, -0.05) is 22.9 Å². The number of carbonyl (C=O) groups is 2. The van der Waals surface area contributed by atoms with Crippen molar-refractivity contribution in [2.24, 2.45) is 0 Å². The third kappa shape index (κ3) is 2.81. The van der Waals surface area contributed by atoms with Gasteiger partial charge in [-0.25, -0.2) is 4.39 Å². The molecule has 1 aliphatic heterocycles. The SMILES string of the molecule is CCC1(C)C(=O)NC(C)C(=O)N1Cc1cc(Br)ccc1F. The minimum atomic E-state index is -0.960. The molecule has 2 unspecified atom stereocenters. The summed E-state index contributed by atoms with van der Waals surface area (Å²) in [7, 11) is 0. The molecule has 4 nitrogen and oxygen atoms in total. The lowest BCUT2D eigenvalue weighted by Crippen LogP contribution is -2.68. The van der Waals surface area contributed by atoms with Gasteiger partial charge in [-0.05, 0) is 38.5 Å². The molecule has 1 aliphatic rings. The van der Waals surface area contributed by atoms with E-state index in [1.54, 1.807) is 26.0 Å². The molecule has 2 rings (SSSR count). The minimum absolute atomic E-state index is 0.0756. The van der Waals surface area contributed by atoms with Crippen molar-refractivity contribution in [1.29, 1.82) is 0 Å². The Morgan fingerprint density at radius 2 is 2.10 bits per heavy atom. The first-order valence-electron chi connectivity index (χ1n) is 6.86. The fourth-order valence-electron chi connectivity index (χ4n) is 2.45. The van der Waals surface area contributed by atoms with Crippen molar-refractivity contribution in [3.8, 4) is 0 Å². The topological polar surface area (TPSA) is 49.4 Å². The molecule has 1 aromatic carbocycles. The van der Waals surface area contributed by atoms with Crippen LogP contribution in [0.15, 0.2) is 22.7 Å². The summed E-state index contributed by atoms with van der Waals surface area (Å²) in [5, 5.41) is 2.68. The van der Waals surface area contributed by atoms with Crippen molar-refractivity contribution in [3.05, 3.63) is 34.1 Å². The van der Waals surface area contributed by atoms with Crippen LogP contribution in [0.4, 0.5) is 4.39 Å². The Morgan fingerprint density at radius 3 is 2.71 bits per heavy atom. The summed E-state index contributed by atoms with van der Waals surface area (Å²) in [5.41, 5.74) is -0.572. The number of amides is 2. The molecule has 21 heavy (non-hydrogen) atoms. The summed E-state index contributed by atoms with van der Waals surface area (Å²) in [6.45, 7) is 5.26. The normalized spacial score (nSPS) is 26.0. The smallest absolute Gasteiger partial charge is 0.246 e. The van der Waals surface area contributed by atoms with E-state index in [1.165, 1.54) is 11.0 Å². The maximum absolute atomic E-state index is 13.9. The van der Waals surface area contributed by atoms with Gasteiger partial charge >= 0.3 is 0 Å². The number of carbonyl (C=O) groups excluding carboxylic acids is 2. The van der Waals surface area contributed by atoms with Crippen LogP contribution in [0.1, 0.15) is 32.8 Å². The first-order valence-corrected chi connectivity index (χ1v) is 7.65. The first kappa shape index (κ1) is 15.9. The van der Waals surface area contributed by atoms with E-state index < -0.39 is 11.6 Å². The fraction of sp³-hybridized carbons (Fsp3) is 0.467. The highest BCUT2D eigenvalue weighted by Crippen LogP contribution is 2.28. The lowest BCUT2D eigenvalue weighted by Gasteiger charge is -2.45. The zero-order valence-electron chi connectivity index (χ0n) is 12.2. The molecule has 1 aromatic rings. The summed E-state index contributed by atoms with van der Waals surface area (Å²) in [6.07, 6.45) is 0.465. The zero-order chi connectivity index (χ0) is 15.8. The van der Waals surface area contributed by atoms with Crippen LogP contribution >= 0.6 is 15.9 Å². The predicted molar refractivity (Wildman–Crippen MR) is 81.0 cm³/mol. The van der Waals surface area contributed by atoms with E-state index in [0.717, 1.165) is 4.47 Å². The van der Waals surface area contributed by atoms with Crippen LogP contribution in [0.5, 0.6) is 0 Å². The number of piperazine rings is 1. The van der Waals surface area contributed by atoms with E-state index in [1.807, 2.05) is 6.92 Å². The van der Waals surface area contributed by atoms with Gasteiger partial charge in [-0.15, -0.1) is 0 Å². The molecule has 0 aromatic heterocycles. The first-order chi connectivity index (χ1) is 9.79. The maximum atomic E-state index is 13.9. The van der Waals surface area contributed by atoms with Gasteiger partial charge < -0.3 is 10.2 Å². The summed E-state index contributed by atoms with van der Waals surface area (Å²) >= 11 is 3.30. The molecule has 0 spiro atoms. The molecule has 0 bridgehead atoms. The highest BCUT2D eigenvalue weighted by Gasteiger charge is 2.47. The van der Waals surface area contributed by atoms with Gasteiger partial charge in [0, 0.05) is 16.6 Å². The van der Waals surface area contributed by atoms with E-state index >= 15 is 0 Å². The number of nitrogens with one attached hydrogen (secondary N) is 1. The van der Waals surface area contributed by atoms with Gasteiger partial charge in [-0.2, -0.15) is 0 Å². The Hall–Kier alpha value is -1.43. The molecular weight excluding hydrogens is 339 g/mol. The van der Waals surface area contributed by atoms with E-state index in [0.29, 0.717) is 12.0 Å². The van der Waals surface area contributed by atoms with E-state index in [2.05, 4.69) is 21.2 Å². The third-order valence-electron chi connectivity index (χ3n) is 4.09. The molecule has 114 valence electrons. The Morgan fingerprint density at radius 1 is 1.43 bits per heavy atom. The Balaban J connectivity index is 2.40. The number of nitrogens with zero attached hydrogens (tertiary/aromatic N) is 1. The number of hydrogen-bond donors (Lipinski definition) is 1. The summed E-state index contributed by atoms with van der Waals surface area (Å²) < 4.78 is 14.7. The van der Waals surface area contributed by atoms with Crippen LogP contribution in [0, 0.1) is 5.82 Å². The molecule has 0 aliphatic carbocycles. The standard InChI is InChI=1S/C15H18BrFN2O2/c1-4-15(3)14(21)18-9(2)13(20)19(15)8-10-7-11(16)5-6-12(10)17/h5-7,9H,4,8H2,1-3H3,(H,18,21). The second-order valence-corrected chi connectivity index (χ2v) is 6.40. The average molecular weight is 357 g/mol. The Kier molecular flexibility index (Phi) is 4.37. The largest absolute Gasteiger partial charge is 0.343 e.